The summed E-state index contributed by atoms with van der Waals surface area (Å²) in [6.45, 7) is 4.53. The minimum absolute atomic E-state index is 0.429. The van der Waals surface area contributed by atoms with Crippen molar-refractivity contribution in [2.45, 2.75) is 90.9 Å². The lowest BCUT2D eigenvalue weighted by atomic mass is 9.88. The first-order chi connectivity index (χ1) is 13.3. The third-order valence-corrected chi connectivity index (χ3v) is 5.53. The molecule has 0 fully saturated rings. The van der Waals surface area contributed by atoms with E-state index in [0.29, 0.717) is 5.75 Å². The molecule has 0 atom stereocenters. The van der Waals surface area contributed by atoms with Crippen molar-refractivity contribution in [1.29, 1.82) is 0 Å². The number of rotatable bonds is 13. The second-order valence-corrected chi connectivity index (χ2v) is 7.79. The van der Waals surface area contributed by atoms with Crippen molar-refractivity contribution in [3.05, 3.63) is 53.6 Å². The highest BCUT2D eigenvalue weighted by molar-refractivity contribution is 5.75. The lowest BCUT2D eigenvalue weighted by Crippen LogP contribution is -1.99. The molecule has 0 aliphatic rings. The molecular weight excluding hydrogens is 328 g/mol. The molecule has 148 valence electrons. The van der Waals surface area contributed by atoms with Crippen LogP contribution in [0.2, 0.25) is 0 Å². The maximum Gasteiger partial charge on any atom is 0.123 e. The van der Waals surface area contributed by atoms with Gasteiger partial charge in [0, 0.05) is 5.56 Å². The smallest absolute Gasteiger partial charge is 0.123 e. The molecule has 0 spiro atoms. The fourth-order valence-corrected chi connectivity index (χ4v) is 3.95. The van der Waals surface area contributed by atoms with Gasteiger partial charge in [-0.2, -0.15) is 0 Å². The average molecular weight is 367 g/mol. The van der Waals surface area contributed by atoms with Crippen molar-refractivity contribution >= 4 is 0 Å². The van der Waals surface area contributed by atoms with Crippen molar-refractivity contribution in [3.8, 4) is 16.9 Å². The molecule has 1 N–H and O–H groups in total. The predicted octanol–water partition coefficient (Wildman–Crippen LogP) is 8.09. The average Bonchev–Trinajstić information content (AvgIpc) is 2.69. The van der Waals surface area contributed by atoms with Crippen molar-refractivity contribution < 1.29 is 5.11 Å². The Bertz CT molecular complexity index is 645. The first kappa shape index (κ1) is 21.5. The Morgan fingerprint density at radius 3 is 1.93 bits per heavy atom. The van der Waals surface area contributed by atoms with E-state index in [4.69, 9.17) is 0 Å². The first-order valence-electron chi connectivity index (χ1n) is 11.2. The summed E-state index contributed by atoms with van der Waals surface area (Å²) in [4.78, 5) is 0. The Kier molecular flexibility index (Phi) is 10.0. The van der Waals surface area contributed by atoms with E-state index in [1.54, 1.807) is 0 Å². The molecule has 0 bridgehead atoms. The van der Waals surface area contributed by atoms with Crippen LogP contribution in [0.25, 0.3) is 11.1 Å². The first-order valence-corrected chi connectivity index (χ1v) is 11.2. The second-order valence-electron chi connectivity index (χ2n) is 7.79. The number of aromatic hydroxyl groups is 1. The van der Waals surface area contributed by atoms with Crippen molar-refractivity contribution in [2.24, 2.45) is 0 Å². The van der Waals surface area contributed by atoms with Gasteiger partial charge in [-0.15, -0.1) is 0 Å². The highest BCUT2D eigenvalue weighted by atomic mass is 16.3. The summed E-state index contributed by atoms with van der Waals surface area (Å²) in [6, 6.07) is 14.5. The zero-order chi connectivity index (χ0) is 19.3. The van der Waals surface area contributed by atoms with E-state index in [9.17, 15) is 5.11 Å². The molecule has 0 saturated carbocycles. The van der Waals surface area contributed by atoms with E-state index < -0.39 is 0 Å². The van der Waals surface area contributed by atoms with E-state index >= 15 is 0 Å². The SMILES string of the molecule is CCCCCCCCCc1c(CCCCC)ccc(O)c1-c1ccccc1. The lowest BCUT2D eigenvalue weighted by molar-refractivity contribution is 0.476. The van der Waals surface area contributed by atoms with Gasteiger partial charge in [0.05, 0.1) is 0 Å². The van der Waals surface area contributed by atoms with Crippen molar-refractivity contribution in [2.75, 3.05) is 0 Å². The molecule has 27 heavy (non-hydrogen) atoms. The molecule has 0 radical (unpaired) electrons. The largest absolute Gasteiger partial charge is 0.507 e. The van der Waals surface area contributed by atoms with Crippen LogP contribution in [-0.4, -0.2) is 5.11 Å². The summed E-state index contributed by atoms with van der Waals surface area (Å²) in [6.07, 6.45) is 15.2. The Morgan fingerprint density at radius 2 is 1.22 bits per heavy atom. The molecule has 0 amide bonds. The van der Waals surface area contributed by atoms with Gasteiger partial charge in [0.15, 0.2) is 0 Å². The minimum Gasteiger partial charge on any atom is -0.507 e. The van der Waals surface area contributed by atoms with Gasteiger partial charge < -0.3 is 5.11 Å². The monoisotopic (exact) mass is 366 g/mol. The Hall–Kier alpha value is -1.76. The van der Waals surface area contributed by atoms with E-state index in [-0.39, 0.29) is 0 Å². The number of phenolic OH excluding ortho intramolecular Hbond substituents is 1. The highest BCUT2D eigenvalue weighted by Crippen LogP contribution is 2.36. The highest BCUT2D eigenvalue weighted by Gasteiger charge is 2.14. The van der Waals surface area contributed by atoms with Crippen LogP contribution < -0.4 is 0 Å². The van der Waals surface area contributed by atoms with Crippen LogP contribution >= 0.6 is 0 Å². The molecule has 2 aromatic rings. The molecule has 0 aromatic heterocycles. The van der Waals surface area contributed by atoms with Gasteiger partial charge in [-0.1, -0.05) is 102 Å². The van der Waals surface area contributed by atoms with Crippen LogP contribution in [0, 0.1) is 0 Å². The molecule has 2 rings (SSSR count). The molecule has 0 saturated heterocycles. The van der Waals surface area contributed by atoms with Gasteiger partial charge in [0.2, 0.25) is 0 Å². The van der Waals surface area contributed by atoms with E-state index in [1.165, 1.54) is 75.3 Å². The molecule has 0 aliphatic carbocycles. The van der Waals surface area contributed by atoms with Gasteiger partial charge in [-0.25, -0.2) is 0 Å². The topological polar surface area (TPSA) is 20.2 Å². The molecule has 0 unspecified atom stereocenters. The molecular formula is C26H38O. The quantitative estimate of drug-likeness (QED) is 0.355. The van der Waals surface area contributed by atoms with E-state index in [0.717, 1.165) is 24.0 Å². The fourth-order valence-electron chi connectivity index (χ4n) is 3.95. The van der Waals surface area contributed by atoms with Crippen LogP contribution in [-0.2, 0) is 12.8 Å². The van der Waals surface area contributed by atoms with E-state index in [2.05, 4.69) is 44.2 Å². The maximum absolute atomic E-state index is 10.6. The summed E-state index contributed by atoms with van der Waals surface area (Å²) < 4.78 is 0. The fraction of sp³-hybridized carbons (Fsp3) is 0.538. The summed E-state index contributed by atoms with van der Waals surface area (Å²) in [7, 11) is 0. The van der Waals surface area contributed by atoms with Gasteiger partial charge in [0.1, 0.15) is 5.75 Å². The van der Waals surface area contributed by atoms with Crippen LogP contribution in [0.1, 0.15) is 89.2 Å². The zero-order valence-corrected chi connectivity index (χ0v) is 17.5. The molecule has 1 heteroatoms. The standard InChI is InChI=1S/C26H38O/c1-3-5-7-8-9-10-15-19-24-22(16-12-6-4-2)20-21-25(27)26(24)23-17-13-11-14-18-23/h11,13-14,17-18,20-21,27H,3-10,12,15-16,19H2,1-2H3. The molecule has 0 heterocycles. The van der Waals surface area contributed by atoms with Crippen LogP contribution in [0.4, 0.5) is 0 Å². The van der Waals surface area contributed by atoms with Crippen LogP contribution in [0.3, 0.4) is 0 Å². The minimum atomic E-state index is 0.429. The van der Waals surface area contributed by atoms with Gasteiger partial charge in [-0.05, 0) is 48.4 Å². The van der Waals surface area contributed by atoms with Gasteiger partial charge in [-0.3, -0.25) is 0 Å². The summed E-state index contributed by atoms with van der Waals surface area (Å²) in [5.74, 6) is 0.429. The number of hydrogen-bond acceptors (Lipinski definition) is 1. The van der Waals surface area contributed by atoms with Gasteiger partial charge in [0.25, 0.3) is 0 Å². The third-order valence-electron chi connectivity index (χ3n) is 5.53. The Balaban J connectivity index is 2.13. The predicted molar refractivity (Wildman–Crippen MR) is 118 cm³/mol. The summed E-state index contributed by atoms with van der Waals surface area (Å²) in [5.41, 5.74) is 5.03. The van der Waals surface area contributed by atoms with Crippen LogP contribution in [0.5, 0.6) is 5.75 Å². The molecule has 1 nitrogen and oxygen atoms in total. The number of hydrogen-bond donors (Lipinski definition) is 1. The zero-order valence-electron chi connectivity index (χ0n) is 17.5. The normalized spacial score (nSPS) is 11.0. The maximum atomic E-state index is 10.6. The lowest BCUT2D eigenvalue weighted by Gasteiger charge is -2.17. The Morgan fingerprint density at radius 1 is 0.630 bits per heavy atom. The number of phenols is 1. The number of benzene rings is 2. The number of aryl methyl sites for hydroxylation is 1. The second kappa shape index (κ2) is 12.6. The molecule has 0 aliphatic heterocycles. The molecule has 2 aromatic carbocycles. The van der Waals surface area contributed by atoms with E-state index in [1.807, 2.05) is 12.1 Å². The van der Waals surface area contributed by atoms with Crippen LogP contribution in [0.15, 0.2) is 42.5 Å². The van der Waals surface area contributed by atoms with Gasteiger partial charge >= 0.3 is 0 Å². The summed E-state index contributed by atoms with van der Waals surface area (Å²) >= 11 is 0. The number of unbranched alkanes of at least 4 members (excludes halogenated alkanes) is 8. The van der Waals surface area contributed by atoms with Crippen molar-refractivity contribution in [1.82, 2.24) is 0 Å². The third kappa shape index (κ3) is 7.05. The van der Waals surface area contributed by atoms with Crippen molar-refractivity contribution in [3.63, 3.8) is 0 Å². The summed E-state index contributed by atoms with van der Waals surface area (Å²) in [5, 5.41) is 10.6. The Labute approximate surface area is 166 Å².